The van der Waals surface area contributed by atoms with Crippen LogP contribution >= 0.6 is 0 Å². The van der Waals surface area contributed by atoms with E-state index in [4.69, 9.17) is 4.42 Å². The van der Waals surface area contributed by atoms with Crippen LogP contribution in [-0.2, 0) is 4.79 Å². The highest BCUT2D eigenvalue weighted by Crippen LogP contribution is 2.24. The number of hydrogen-bond acceptors (Lipinski definition) is 5. The Bertz CT molecular complexity index is 793. The number of amides is 1. The van der Waals surface area contributed by atoms with Gasteiger partial charge in [0.1, 0.15) is 17.2 Å². The van der Waals surface area contributed by atoms with Crippen LogP contribution in [0.3, 0.4) is 0 Å². The number of anilines is 1. The molecule has 0 saturated carbocycles. The summed E-state index contributed by atoms with van der Waals surface area (Å²) in [6.45, 7) is 4.80. The van der Waals surface area contributed by atoms with Crippen molar-refractivity contribution in [2.45, 2.75) is 19.8 Å². The number of carbonyl (C=O) groups is 1. The Balaban J connectivity index is 1.50. The van der Waals surface area contributed by atoms with Gasteiger partial charge < -0.3 is 15.1 Å². The molecule has 0 radical (unpaired) electrons. The standard InChI is InChI=1S/C18H20N4O2/c1-12-7-8-17(22-21-12)19-9-10-20-18(23)13(2)16-11-14-5-3-4-6-15(14)24-16/h3-8,11,13H,9-10H2,1-2H3,(H,19,22)(H,20,23)/t13-/m1/s1. The zero-order chi connectivity index (χ0) is 16.9. The molecule has 1 aromatic carbocycles. The predicted molar refractivity (Wildman–Crippen MR) is 92.9 cm³/mol. The van der Waals surface area contributed by atoms with Crippen molar-refractivity contribution < 1.29 is 9.21 Å². The van der Waals surface area contributed by atoms with Crippen LogP contribution < -0.4 is 10.6 Å². The summed E-state index contributed by atoms with van der Waals surface area (Å²) in [5, 5.41) is 15.0. The summed E-state index contributed by atoms with van der Waals surface area (Å²) in [6.07, 6.45) is 0. The molecule has 2 N–H and O–H groups in total. The van der Waals surface area contributed by atoms with E-state index in [1.165, 1.54) is 0 Å². The molecule has 0 bridgehead atoms. The number of furan rings is 1. The van der Waals surface area contributed by atoms with Gasteiger partial charge in [0.2, 0.25) is 5.91 Å². The van der Waals surface area contributed by atoms with Crippen molar-refractivity contribution in [2.24, 2.45) is 0 Å². The number of carbonyl (C=O) groups excluding carboxylic acids is 1. The fourth-order valence-electron chi connectivity index (χ4n) is 2.37. The maximum Gasteiger partial charge on any atom is 0.230 e. The Morgan fingerprint density at radius 1 is 1.17 bits per heavy atom. The Morgan fingerprint density at radius 3 is 2.75 bits per heavy atom. The van der Waals surface area contributed by atoms with Crippen molar-refractivity contribution in [2.75, 3.05) is 18.4 Å². The van der Waals surface area contributed by atoms with Crippen molar-refractivity contribution in [3.8, 4) is 0 Å². The third kappa shape index (κ3) is 3.71. The molecule has 1 atom stereocenters. The van der Waals surface area contributed by atoms with Crippen LogP contribution in [0, 0.1) is 6.92 Å². The second-order valence-electron chi connectivity index (χ2n) is 5.69. The van der Waals surface area contributed by atoms with Crippen molar-refractivity contribution in [3.63, 3.8) is 0 Å². The maximum atomic E-state index is 12.2. The molecule has 124 valence electrons. The third-order valence-corrected chi connectivity index (χ3v) is 3.79. The largest absolute Gasteiger partial charge is 0.460 e. The fourth-order valence-corrected chi connectivity index (χ4v) is 2.37. The topological polar surface area (TPSA) is 80.0 Å². The van der Waals surface area contributed by atoms with Crippen LogP contribution in [-0.4, -0.2) is 29.2 Å². The van der Waals surface area contributed by atoms with Gasteiger partial charge in [0.05, 0.1) is 11.6 Å². The number of nitrogens with zero attached hydrogens (tertiary/aromatic N) is 2. The predicted octanol–water partition coefficient (Wildman–Crippen LogP) is 2.86. The molecule has 6 nitrogen and oxygen atoms in total. The van der Waals surface area contributed by atoms with Gasteiger partial charge >= 0.3 is 0 Å². The highest BCUT2D eigenvalue weighted by Gasteiger charge is 2.18. The van der Waals surface area contributed by atoms with E-state index in [2.05, 4.69) is 20.8 Å². The Labute approximate surface area is 140 Å². The number of benzene rings is 1. The number of aryl methyl sites for hydroxylation is 1. The minimum absolute atomic E-state index is 0.0640. The first-order valence-electron chi connectivity index (χ1n) is 7.94. The zero-order valence-electron chi connectivity index (χ0n) is 13.7. The number of para-hydroxylation sites is 1. The Hall–Kier alpha value is -2.89. The number of nitrogens with one attached hydrogen (secondary N) is 2. The van der Waals surface area contributed by atoms with Gasteiger partial charge in [0.15, 0.2) is 0 Å². The first-order valence-corrected chi connectivity index (χ1v) is 7.94. The molecular weight excluding hydrogens is 304 g/mol. The lowest BCUT2D eigenvalue weighted by atomic mass is 10.1. The van der Waals surface area contributed by atoms with Gasteiger partial charge in [-0.15, -0.1) is 5.10 Å². The molecule has 0 aliphatic carbocycles. The van der Waals surface area contributed by atoms with Gasteiger partial charge in [-0.05, 0) is 38.1 Å². The van der Waals surface area contributed by atoms with E-state index >= 15 is 0 Å². The average Bonchev–Trinajstić information content (AvgIpc) is 3.03. The van der Waals surface area contributed by atoms with Gasteiger partial charge in [-0.25, -0.2) is 0 Å². The highest BCUT2D eigenvalue weighted by atomic mass is 16.3. The molecule has 1 amide bonds. The molecule has 0 unspecified atom stereocenters. The van der Waals surface area contributed by atoms with Gasteiger partial charge in [-0.1, -0.05) is 18.2 Å². The van der Waals surface area contributed by atoms with Crippen molar-refractivity contribution >= 4 is 22.7 Å². The fraction of sp³-hybridized carbons (Fsp3) is 0.278. The highest BCUT2D eigenvalue weighted by molar-refractivity contribution is 5.85. The minimum atomic E-state index is -0.337. The second-order valence-corrected chi connectivity index (χ2v) is 5.69. The summed E-state index contributed by atoms with van der Waals surface area (Å²) in [6, 6.07) is 13.4. The molecule has 0 spiro atoms. The summed E-state index contributed by atoms with van der Waals surface area (Å²) >= 11 is 0. The van der Waals surface area contributed by atoms with Crippen LogP contribution in [0.25, 0.3) is 11.0 Å². The summed E-state index contributed by atoms with van der Waals surface area (Å²) in [4.78, 5) is 12.2. The van der Waals surface area contributed by atoms with Crippen molar-refractivity contribution in [1.29, 1.82) is 0 Å². The molecule has 3 rings (SSSR count). The van der Waals surface area contributed by atoms with E-state index in [1.807, 2.05) is 56.3 Å². The van der Waals surface area contributed by atoms with Crippen LogP contribution in [0.15, 0.2) is 46.9 Å². The first kappa shape index (κ1) is 16.0. The Morgan fingerprint density at radius 2 is 2.00 bits per heavy atom. The van der Waals surface area contributed by atoms with E-state index < -0.39 is 0 Å². The van der Waals surface area contributed by atoms with Gasteiger partial charge in [0, 0.05) is 18.5 Å². The summed E-state index contributed by atoms with van der Waals surface area (Å²) in [5.74, 6) is 0.966. The molecule has 0 saturated heterocycles. The van der Waals surface area contributed by atoms with Gasteiger partial charge in [-0.2, -0.15) is 5.10 Å². The molecule has 6 heteroatoms. The van der Waals surface area contributed by atoms with E-state index in [0.29, 0.717) is 24.7 Å². The lowest BCUT2D eigenvalue weighted by Crippen LogP contribution is -2.32. The second kappa shape index (κ2) is 7.12. The van der Waals surface area contributed by atoms with Gasteiger partial charge in [0.25, 0.3) is 0 Å². The molecule has 0 aliphatic rings. The van der Waals surface area contributed by atoms with E-state index in [0.717, 1.165) is 16.7 Å². The Kier molecular flexibility index (Phi) is 4.74. The monoisotopic (exact) mass is 324 g/mol. The minimum Gasteiger partial charge on any atom is -0.460 e. The summed E-state index contributed by atoms with van der Waals surface area (Å²) in [5.41, 5.74) is 1.67. The van der Waals surface area contributed by atoms with Gasteiger partial charge in [-0.3, -0.25) is 4.79 Å². The van der Waals surface area contributed by atoms with E-state index in [-0.39, 0.29) is 11.8 Å². The number of aromatic nitrogens is 2. The quantitative estimate of drug-likeness (QED) is 0.682. The van der Waals surface area contributed by atoms with E-state index in [1.54, 1.807) is 0 Å². The molecule has 2 heterocycles. The summed E-state index contributed by atoms with van der Waals surface area (Å²) < 4.78 is 5.74. The normalized spacial score (nSPS) is 12.1. The molecule has 24 heavy (non-hydrogen) atoms. The van der Waals surface area contributed by atoms with Crippen LogP contribution in [0.4, 0.5) is 5.82 Å². The van der Waals surface area contributed by atoms with Crippen LogP contribution in [0.2, 0.25) is 0 Å². The lowest BCUT2D eigenvalue weighted by molar-refractivity contribution is -0.122. The summed E-state index contributed by atoms with van der Waals surface area (Å²) in [7, 11) is 0. The maximum absolute atomic E-state index is 12.2. The molecule has 0 aliphatic heterocycles. The third-order valence-electron chi connectivity index (χ3n) is 3.79. The zero-order valence-corrected chi connectivity index (χ0v) is 13.7. The SMILES string of the molecule is Cc1ccc(NCCNC(=O)[C@H](C)c2cc3ccccc3o2)nn1. The lowest BCUT2D eigenvalue weighted by Gasteiger charge is -2.10. The number of fused-ring (bicyclic) bond motifs is 1. The van der Waals surface area contributed by atoms with E-state index in [9.17, 15) is 4.79 Å². The molecule has 0 fully saturated rings. The van der Waals surface area contributed by atoms with Crippen molar-refractivity contribution in [1.82, 2.24) is 15.5 Å². The average molecular weight is 324 g/mol. The first-order chi connectivity index (χ1) is 11.6. The number of rotatable bonds is 6. The molecule has 3 aromatic rings. The molecule has 2 aromatic heterocycles. The van der Waals surface area contributed by atoms with Crippen LogP contribution in [0.1, 0.15) is 24.3 Å². The smallest absolute Gasteiger partial charge is 0.230 e. The molecular formula is C18H20N4O2. The van der Waals surface area contributed by atoms with Crippen molar-refractivity contribution in [3.05, 3.63) is 53.9 Å². The van der Waals surface area contributed by atoms with Crippen LogP contribution in [0.5, 0.6) is 0 Å². The number of hydrogen-bond donors (Lipinski definition) is 2.